The first-order valence-electron chi connectivity index (χ1n) is 7.05. The van der Waals surface area contributed by atoms with Crippen molar-refractivity contribution in [1.82, 2.24) is 5.32 Å². The van der Waals surface area contributed by atoms with Crippen LogP contribution < -0.4 is 10.1 Å². The van der Waals surface area contributed by atoms with Gasteiger partial charge in [0.1, 0.15) is 5.75 Å². The van der Waals surface area contributed by atoms with Crippen LogP contribution in [0.25, 0.3) is 0 Å². The Labute approximate surface area is 126 Å². The smallest absolute Gasteiger partial charge is 0.120 e. The Kier molecular flexibility index (Phi) is 6.87. The molecular weight excluding hydrogens is 302 g/mol. The third kappa shape index (κ3) is 6.44. The molecule has 3 heteroatoms. The van der Waals surface area contributed by atoms with Gasteiger partial charge in [0.2, 0.25) is 0 Å². The molecule has 0 heterocycles. The second-order valence-electron chi connectivity index (χ2n) is 5.92. The van der Waals surface area contributed by atoms with Crippen LogP contribution in [-0.4, -0.2) is 19.2 Å². The van der Waals surface area contributed by atoms with Gasteiger partial charge in [0, 0.05) is 10.5 Å². The molecular formula is C16H26BrNO. The molecule has 0 aliphatic rings. The molecule has 1 aromatic rings. The molecule has 1 aromatic carbocycles. The molecule has 0 aromatic heterocycles. The van der Waals surface area contributed by atoms with Gasteiger partial charge in [0.25, 0.3) is 0 Å². The van der Waals surface area contributed by atoms with E-state index < -0.39 is 0 Å². The quantitative estimate of drug-likeness (QED) is 0.737. The molecule has 1 rings (SSSR count). The molecule has 0 radical (unpaired) electrons. The monoisotopic (exact) mass is 327 g/mol. The zero-order chi connectivity index (χ0) is 14.3. The number of nitrogens with one attached hydrogen (secondary N) is 1. The fraction of sp³-hybridized carbons (Fsp3) is 0.625. The summed E-state index contributed by atoms with van der Waals surface area (Å²) in [5, 5.41) is 3.57. The van der Waals surface area contributed by atoms with Crippen molar-refractivity contribution >= 4 is 15.9 Å². The molecule has 0 spiro atoms. The van der Waals surface area contributed by atoms with Crippen LogP contribution in [0.3, 0.4) is 0 Å². The molecule has 1 atom stereocenters. The second-order valence-corrected chi connectivity index (χ2v) is 6.84. The Morgan fingerprint density at radius 1 is 1.32 bits per heavy atom. The molecule has 1 unspecified atom stereocenters. The summed E-state index contributed by atoms with van der Waals surface area (Å²) in [4.78, 5) is 0. The van der Waals surface area contributed by atoms with E-state index in [1.54, 1.807) is 0 Å². The van der Waals surface area contributed by atoms with E-state index in [-0.39, 0.29) is 0 Å². The summed E-state index contributed by atoms with van der Waals surface area (Å²) >= 11 is 3.45. The number of rotatable bonds is 7. The van der Waals surface area contributed by atoms with E-state index in [0.29, 0.717) is 11.5 Å². The van der Waals surface area contributed by atoms with Crippen molar-refractivity contribution in [1.29, 1.82) is 0 Å². The number of hydrogen-bond donors (Lipinski definition) is 1. The molecule has 0 aliphatic heterocycles. The van der Waals surface area contributed by atoms with Crippen LogP contribution in [0, 0.1) is 5.41 Å². The average molecular weight is 328 g/mol. The van der Waals surface area contributed by atoms with Gasteiger partial charge in [-0.25, -0.2) is 0 Å². The van der Waals surface area contributed by atoms with Crippen LogP contribution in [0.1, 0.15) is 40.5 Å². The summed E-state index contributed by atoms with van der Waals surface area (Å²) in [7, 11) is 0. The Morgan fingerprint density at radius 2 is 2.05 bits per heavy atom. The molecule has 2 nitrogen and oxygen atoms in total. The fourth-order valence-electron chi connectivity index (χ4n) is 2.12. The third-order valence-electron chi connectivity index (χ3n) is 3.20. The van der Waals surface area contributed by atoms with Crippen LogP contribution in [-0.2, 0) is 0 Å². The van der Waals surface area contributed by atoms with E-state index >= 15 is 0 Å². The summed E-state index contributed by atoms with van der Waals surface area (Å²) in [6, 6.07) is 8.55. The van der Waals surface area contributed by atoms with Gasteiger partial charge in [-0.1, -0.05) is 49.7 Å². The largest absolute Gasteiger partial charge is 0.494 e. The standard InChI is InChI=1S/C16H26BrNO/c1-5-18-15(16(2,3)4)10-7-11-19-14-9-6-8-13(17)12-14/h6,8-9,12,15,18H,5,7,10-11H2,1-4H3. The minimum Gasteiger partial charge on any atom is -0.494 e. The summed E-state index contributed by atoms with van der Waals surface area (Å²) in [5.41, 5.74) is 0.297. The number of ether oxygens (including phenoxy) is 1. The Bertz CT molecular complexity index is 373. The summed E-state index contributed by atoms with van der Waals surface area (Å²) < 4.78 is 6.83. The van der Waals surface area contributed by atoms with Gasteiger partial charge < -0.3 is 10.1 Å². The van der Waals surface area contributed by atoms with Crippen molar-refractivity contribution in [2.75, 3.05) is 13.2 Å². The molecule has 1 N–H and O–H groups in total. The van der Waals surface area contributed by atoms with E-state index in [4.69, 9.17) is 4.74 Å². The number of benzene rings is 1. The third-order valence-corrected chi connectivity index (χ3v) is 3.69. The van der Waals surface area contributed by atoms with Crippen LogP contribution in [0.15, 0.2) is 28.7 Å². The van der Waals surface area contributed by atoms with E-state index in [0.717, 1.165) is 36.2 Å². The molecule has 19 heavy (non-hydrogen) atoms. The van der Waals surface area contributed by atoms with Gasteiger partial charge in [-0.2, -0.15) is 0 Å². The highest BCUT2D eigenvalue weighted by atomic mass is 79.9. The van der Waals surface area contributed by atoms with E-state index in [1.807, 2.05) is 24.3 Å². The van der Waals surface area contributed by atoms with Gasteiger partial charge in [-0.15, -0.1) is 0 Å². The number of hydrogen-bond acceptors (Lipinski definition) is 2. The Balaban J connectivity index is 2.33. The second kappa shape index (κ2) is 7.91. The SMILES string of the molecule is CCNC(CCCOc1cccc(Br)c1)C(C)(C)C. The minimum atomic E-state index is 0.297. The normalized spacial score (nSPS) is 13.3. The molecule has 0 fully saturated rings. The Hall–Kier alpha value is -0.540. The van der Waals surface area contributed by atoms with Crippen molar-refractivity contribution in [3.63, 3.8) is 0 Å². The lowest BCUT2D eigenvalue weighted by atomic mass is 9.84. The zero-order valence-electron chi connectivity index (χ0n) is 12.5. The van der Waals surface area contributed by atoms with Gasteiger partial charge in [-0.3, -0.25) is 0 Å². The summed E-state index contributed by atoms with van der Waals surface area (Å²) in [6.07, 6.45) is 2.22. The fourth-order valence-corrected chi connectivity index (χ4v) is 2.50. The van der Waals surface area contributed by atoms with Gasteiger partial charge in [0.05, 0.1) is 6.61 Å². The first-order chi connectivity index (χ1) is 8.93. The minimum absolute atomic E-state index is 0.297. The van der Waals surface area contributed by atoms with Crippen molar-refractivity contribution in [3.05, 3.63) is 28.7 Å². The van der Waals surface area contributed by atoms with Crippen LogP contribution in [0.2, 0.25) is 0 Å². The molecule has 0 aliphatic carbocycles. The molecule has 108 valence electrons. The molecule has 0 bridgehead atoms. The van der Waals surface area contributed by atoms with Gasteiger partial charge >= 0.3 is 0 Å². The van der Waals surface area contributed by atoms with Crippen LogP contribution in [0.5, 0.6) is 5.75 Å². The summed E-state index contributed by atoms with van der Waals surface area (Å²) in [5.74, 6) is 0.935. The topological polar surface area (TPSA) is 21.3 Å². The van der Waals surface area contributed by atoms with Crippen LogP contribution in [0.4, 0.5) is 0 Å². The lowest BCUT2D eigenvalue weighted by Gasteiger charge is -2.31. The lowest BCUT2D eigenvalue weighted by molar-refractivity contribution is 0.231. The maximum atomic E-state index is 5.77. The highest BCUT2D eigenvalue weighted by Gasteiger charge is 2.22. The highest BCUT2D eigenvalue weighted by Crippen LogP contribution is 2.23. The molecule has 0 saturated carbocycles. The first kappa shape index (κ1) is 16.5. The average Bonchev–Trinajstić information content (AvgIpc) is 2.32. The summed E-state index contributed by atoms with van der Waals surface area (Å²) in [6.45, 7) is 10.8. The lowest BCUT2D eigenvalue weighted by Crippen LogP contribution is -2.40. The van der Waals surface area contributed by atoms with Gasteiger partial charge in [-0.05, 0) is 43.0 Å². The highest BCUT2D eigenvalue weighted by molar-refractivity contribution is 9.10. The maximum absolute atomic E-state index is 5.77. The first-order valence-corrected chi connectivity index (χ1v) is 7.84. The van der Waals surface area contributed by atoms with E-state index in [9.17, 15) is 0 Å². The zero-order valence-corrected chi connectivity index (χ0v) is 14.1. The van der Waals surface area contributed by atoms with Crippen molar-refractivity contribution in [2.24, 2.45) is 5.41 Å². The molecule has 0 saturated heterocycles. The maximum Gasteiger partial charge on any atom is 0.120 e. The van der Waals surface area contributed by atoms with Crippen molar-refractivity contribution in [3.8, 4) is 5.75 Å². The Morgan fingerprint density at radius 3 is 2.63 bits per heavy atom. The van der Waals surface area contributed by atoms with E-state index in [1.165, 1.54) is 0 Å². The van der Waals surface area contributed by atoms with E-state index in [2.05, 4.69) is 48.9 Å². The number of halogens is 1. The van der Waals surface area contributed by atoms with Gasteiger partial charge in [0.15, 0.2) is 0 Å². The predicted molar refractivity (Wildman–Crippen MR) is 85.8 cm³/mol. The van der Waals surface area contributed by atoms with Crippen molar-refractivity contribution < 1.29 is 4.74 Å². The van der Waals surface area contributed by atoms with Crippen molar-refractivity contribution in [2.45, 2.75) is 46.6 Å². The predicted octanol–water partition coefficient (Wildman–Crippen LogP) is 4.63. The molecule has 0 amide bonds. The van der Waals surface area contributed by atoms with Crippen LogP contribution >= 0.6 is 15.9 Å².